The Morgan fingerprint density at radius 2 is 2.00 bits per heavy atom. The van der Waals surface area contributed by atoms with Gasteiger partial charge in [0.15, 0.2) is 0 Å². The molecule has 1 aromatic heterocycles. The number of piperidine rings is 4. The molecule has 5 rings (SSSR count). The van der Waals surface area contributed by atoms with Crippen LogP contribution in [0, 0.1) is 11.8 Å². The maximum Gasteiger partial charge on any atom is 0.272 e. The second-order valence-electron chi connectivity index (χ2n) is 9.38. The molecule has 0 aromatic carbocycles. The highest BCUT2D eigenvalue weighted by Crippen LogP contribution is 2.39. The molecule has 0 radical (unpaired) electrons. The van der Waals surface area contributed by atoms with Crippen LogP contribution < -0.4 is 0 Å². The molecule has 2 amide bonds. The Kier molecular flexibility index (Phi) is 5.10. The number of rotatable bonds is 3. The standard InChI is InChI=1S/C22H33N5O2/c1-2-27-20(6-9-23-27)22(29)24-10-7-18(8-11-24)25-13-16-12-17(15-25)19-4-3-5-21(28)26(19)14-16/h6,9,16-19H,2-5,7-8,10-15H2,1H3/t16-,17-,19-/m1/s1. The first-order valence-corrected chi connectivity index (χ1v) is 11.5. The average Bonchev–Trinajstić information content (AvgIpc) is 3.23. The maximum atomic E-state index is 12.9. The zero-order chi connectivity index (χ0) is 20.0. The molecule has 1 aromatic rings. The zero-order valence-electron chi connectivity index (χ0n) is 17.5. The topological polar surface area (TPSA) is 61.7 Å². The van der Waals surface area contributed by atoms with E-state index in [1.807, 2.05) is 17.9 Å². The molecule has 4 aliphatic heterocycles. The van der Waals surface area contributed by atoms with Crippen LogP contribution in [0.3, 0.4) is 0 Å². The molecule has 7 heteroatoms. The predicted octanol–water partition coefficient (Wildman–Crippen LogP) is 1.84. The van der Waals surface area contributed by atoms with Crippen LogP contribution in [-0.2, 0) is 11.3 Å². The number of hydrogen-bond acceptors (Lipinski definition) is 4. The number of carbonyl (C=O) groups excluding carboxylic acids is 2. The van der Waals surface area contributed by atoms with Gasteiger partial charge in [-0.2, -0.15) is 5.10 Å². The van der Waals surface area contributed by atoms with Gasteiger partial charge in [-0.3, -0.25) is 19.2 Å². The van der Waals surface area contributed by atoms with E-state index >= 15 is 0 Å². The van der Waals surface area contributed by atoms with Crippen molar-refractivity contribution >= 4 is 11.8 Å². The average molecular weight is 400 g/mol. The molecule has 3 atom stereocenters. The Bertz CT molecular complexity index is 769. The van der Waals surface area contributed by atoms with Crippen molar-refractivity contribution in [1.82, 2.24) is 24.5 Å². The summed E-state index contributed by atoms with van der Waals surface area (Å²) in [5, 5.41) is 4.24. The van der Waals surface area contributed by atoms with Gasteiger partial charge in [0.1, 0.15) is 5.69 Å². The van der Waals surface area contributed by atoms with Crippen LogP contribution in [0.15, 0.2) is 12.3 Å². The smallest absolute Gasteiger partial charge is 0.272 e. The summed E-state index contributed by atoms with van der Waals surface area (Å²) in [7, 11) is 0. The third-order valence-corrected chi connectivity index (χ3v) is 7.71. The quantitative estimate of drug-likeness (QED) is 0.778. The lowest BCUT2D eigenvalue weighted by atomic mass is 9.75. The van der Waals surface area contributed by atoms with E-state index < -0.39 is 0 Å². The molecule has 0 spiro atoms. The molecular formula is C22H33N5O2. The summed E-state index contributed by atoms with van der Waals surface area (Å²) >= 11 is 0. The SMILES string of the molecule is CCn1nccc1C(=O)N1CCC(N2C[C@H]3C[C@H](C2)[C@H]2CCCC(=O)N2C3)CC1. The molecule has 0 unspecified atom stereocenters. The maximum absolute atomic E-state index is 12.9. The van der Waals surface area contributed by atoms with E-state index in [4.69, 9.17) is 0 Å². The molecule has 0 saturated carbocycles. The van der Waals surface area contributed by atoms with Crippen molar-refractivity contribution in [2.75, 3.05) is 32.7 Å². The summed E-state index contributed by atoms with van der Waals surface area (Å²) in [6.45, 7) is 7.62. The third-order valence-electron chi connectivity index (χ3n) is 7.71. The molecule has 4 fully saturated rings. The fourth-order valence-electron chi connectivity index (χ4n) is 6.31. The van der Waals surface area contributed by atoms with E-state index in [0.717, 1.165) is 65.0 Å². The lowest BCUT2D eigenvalue weighted by Gasteiger charge is -2.54. The fraction of sp³-hybridized carbons (Fsp3) is 0.773. The number of likely N-dealkylation sites (tertiary alicyclic amines) is 2. The Hall–Kier alpha value is -1.89. The number of hydrogen-bond donors (Lipinski definition) is 0. The van der Waals surface area contributed by atoms with Gasteiger partial charge in [-0.25, -0.2) is 0 Å². The summed E-state index contributed by atoms with van der Waals surface area (Å²) in [4.78, 5) is 32.2. The first-order valence-electron chi connectivity index (χ1n) is 11.5. The van der Waals surface area contributed by atoms with Crippen molar-refractivity contribution < 1.29 is 9.59 Å². The summed E-state index contributed by atoms with van der Waals surface area (Å²) in [6, 6.07) is 2.89. The Morgan fingerprint density at radius 1 is 1.17 bits per heavy atom. The first-order chi connectivity index (χ1) is 14.1. The molecule has 4 saturated heterocycles. The molecule has 158 valence electrons. The van der Waals surface area contributed by atoms with E-state index in [2.05, 4.69) is 14.9 Å². The van der Waals surface area contributed by atoms with Crippen molar-refractivity contribution in [2.24, 2.45) is 11.8 Å². The summed E-state index contributed by atoms with van der Waals surface area (Å²) < 4.78 is 1.79. The van der Waals surface area contributed by atoms with E-state index in [0.29, 0.717) is 35.5 Å². The van der Waals surface area contributed by atoms with Crippen LogP contribution >= 0.6 is 0 Å². The first kappa shape index (κ1) is 19.1. The monoisotopic (exact) mass is 399 g/mol. The number of fused-ring (bicyclic) bond motifs is 4. The number of aryl methyl sites for hydroxylation is 1. The van der Waals surface area contributed by atoms with Gasteiger partial charge in [0.05, 0.1) is 0 Å². The van der Waals surface area contributed by atoms with Crippen molar-refractivity contribution in [2.45, 2.75) is 64.1 Å². The van der Waals surface area contributed by atoms with Crippen molar-refractivity contribution in [3.05, 3.63) is 18.0 Å². The largest absolute Gasteiger partial charge is 0.339 e. The van der Waals surface area contributed by atoms with Crippen LogP contribution in [-0.4, -0.2) is 81.1 Å². The van der Waals surface area contributed by atoms with Gasteiger partial charge in [0.2, 0.25) is 5.91 Å². The second kappa shape index (κ2) is 7.74. The predicted molar refractivity (Wildman–Crippen MR) is 109 cm³/mol. The van der Waals surface area contributed by atoms with Crippen molar-refractivity contribution in [1.29, 1.82) is 0 Å². The van der Waals surface area contributed by atoms with Crippen LogP contribution in [0.25, 0.3) is 0 Å². The van der Waals surface area contributed by atoms with Gasteiger partial charge >= 0.3 is 0 Å². The minimum Gasteiger partial charge on any atom is -0.339 e. The lowest BCUT2D eigenvalue weighted by molar-refractivity contribution is -0.145. The highest BCUT2D eigenvalue weighted by atomic mass is 16.2. The molecule has 7 nitrogen and oxygen atoms in total. The van der Waals surface area contributed by atoms with Gasteiger partial charge in [-0.1, -0.05) is 0 Å². The van der Waals surface area contributed by atoms with E-state index in [1.54, 1.807) is 10.9 Å². The zero-order valence-corrected chi connectivity index (χ0v) is 17.5. The van der Waals surface area contributed by atoms with Crippen LogP contribution in [0.5, 0.6) is 0 Å². The van der Waals surface area contributed by atoms with E-state index in [9.17, 15) is 9.59 Å². The lowest BCUT2D eigenvalue weighted by Crippen LogP contribution is -2.62. The molecule has 29 heavy (non-hydrogen) atoms. The third kappa shape index (κ3) is 3.47. The minimum absolute atomic E-state index is 0.120. The Labute approximate surface area is 173 Å². The normalized spacial score (nSPS) is 31.1. The molecule has 0 aliphatic carbocycles. The van der Waals surface area contributed by atoms with Gasteiger partial charge in [0, 0.05) is 64.0 Å². The van der Waals surface area contributed by atoms with Gasteiger partial charge in [0.25, 0.3) is 5.91 Å². The van der Waals surface area contributed by atoms with Gasteiger partial charge < -0.3 is 9.80 Å². The Balaban J connectivity index is 1.20. The van der Waals surface area contributed by atoms with E-state index in [-0.39, 0.29) is 5.91 Å². The molecule has 4 aliphatic rings. The number of amides is 2. The summed E-state index contributed by atoms with van der Waals surface area (Å²) in [5.74, 6) is 1.79. The van der Waals surface area contributed by atoms with Crippen molar-refractivity contribution in [3.8, 4) is 0 Å². The minimum atomic E-state index is 0.120. The molecular weight excluding hydrogens is 366 g/mol. The fourth-order valence-corrected chi connectivity index (χ4v) is 6.31. The highest BCUT2D eigenvalue weighted by Gasteiger charge is 2.45. The number of aromatic nitrogens is 2. The van der Waals surface area contributed by atoms with Gasteiger partial charge in [-0.05, 0) is 56.9 Å². The number of nitrogens with zero attached hydrogens (tertiary/aromatic N) is 5. The van der Waals surface area contributed by atoms with Crippen molar-refractivity contribution in [3.63, 3.8) is 0 Å². The summed E-state index contributed by atoms with van der Waals surface area (Å²) in [6.07, 6.45) is 8.13. The van der Waals surface area contributed by atoms with Crippen LogP contribution in [0.2, 0.25) is 0 Å². The molecule has 5 heterocycles. The number of carbonyl (C=O) groups is 2. The Morgan fingerprint density at radius 3 is 2.79 bits per heavy atom. The highest BCUT2D eigenvalue weighted by molar-refractivity contribution is 5.92. The molecule has 0 N–H and O–H groups in total. The van der Waals surface area contributed by atoms with Crippen LogP contribution in [0.1, 0.15) is 55.9 Å². The van der Waals surface area contributed by atoms with Gasteiger partial charge in [-0.15, -0.1) is 0 Å². The molecule has 2 bridgehead atoms. The summed E-state index contributed by atoms with van der Waals surface area (Å²) in [5.41, 5.74) is 0.709. The van der Waals surface area contributed by atoms with Crippen LogP contribution in [0.4, 0.5) is 0 Å². The second-order valence-corrected chi connectivity index (χ2v) is 9.38. The van der Waals surface area contributed by atoms with E-state index in [1.165, 1.54) is 12.8 Å².